The fraction of sp³-hybridized carbons (Fsp3) is 0.900. The molecule has 1 saturated carbocycles. The lowest BCUT2D eigenvalue weighted by molar-refractivity contribution is 0.0648. The van der Waals surface area contributed by atoms with Crippen molar-refractivity contribution in [2.45, 2.75) is 31.7 Å². The third-order valence-corrected chi connectivity index (χ3v) is 3.44. The quantitative estimate of drug-likeness (QED) is 0.683. The van der Waals surface area contributed by atoms with Crippen LogP contribution in [0, 0.1) is 0 Å². The molecule has 0 atom stereocenters. The standard InChI is InChI=1S/C10H21N3S/c1-4-11-9(14)12-8-10(13(2)3)6-5-7-10/h4-8H2,1-3H3,(H2,11,12,14). The van der Waals surface area contributed by atoms with Crippen LogP contribution in [-0.2, 0) is 0 Å². The molecule has 1 fully saturated rings. The first-order valence-electron chi connectivity index (χ1n) is 5.30. The average molecular weight is 215 g/mol. The number of nitrogens with one attached hydrogen (secondary N) is 2. The second-order valence-corrected chi connectivity index (χ2v) is 4.59. The van der Waals surface area contributed by atoms with E-state index in [9.17, 15) is 0 Å². The van der Waals surface area contributed by atoms with Crippen molar-refractivity contribution in [2.24, 2.45) is 0 Å². The third-order valence-electron chi connectivity index (χ3n) is 3.15. The fourth-order valence-corrected chi connectivity index (χ4v) is 2.05. The zero-order valence-corrected chi connectivity index (χ0v) is 10.2. The van der Waals surface area contributed by atoms with E-state index in [1.54, 1.807) is 0 Å². The van der Waals surface area contributed by atoms with E-state index in [1.165, 1.54) is 19.3 Å². The van der Waals surface area contributed by atoms with E-state index < -0.39 is 0 Å². The number of thiocarbonyl (C=S) groups is 1. The van der Waals surface area contributed by atoms with Gasteiger partial charge in [0.05, 0.1) is 0 Å². The summed E-state index contributed by atoms with van der Waals surface area (Å²) in [6.07, 6.45) is 3.90. The maximum atomic E-state index is 5.14. The minimum absolute atomic E-state index is 0.347. The first-order valence-corrected chi connectivity index (χ1v) is 5.71. The highest BCUT2D eigenvalue weighted by molar-refractivity contribution is 7.80. The molecule has 1 aliphatic rings. The summed E-state index contributed by atoms with van der Waals surface area (Å²) >= 11 is 5.14. The second kappa shape index (κ2) is 4.94. The molecule has 0 radical (unpaired) electrons. The first kappa shape index (κ1) is 11.7. The van der Waals surface area contributed by atoms with Gasteiger partial charge in [-0.3, -0.25) is 0 Å². The summed E-state index contributed by atoms with van der Waals surface area (Å²) in [4.78, 5) is 2.32. The van der Waals surface area contributed by atoms with Crippen LogP contribution >= 0.6 is 12.2 Å². The minimum Gasteiger partial charge on any atom is -0.363 e. The number of hydrogen-bond acceptors (Lipinski definition) is 2. The van der Waals surface area contributed by atoms with Crippen molar-refractivity contribution in [3.8, 4) is 0 Å². The average Bonchev–Trinajstić information content (AvgIpc) is 2.02. The van der Waals surface area contributed by atoms with Crippen LogP contribution in [0.2, 0.25) is 0 Å². The van der Waals surface area contributed by atoms with Crippen molar-refractivity contribution in [3.63, 3.8) is 0 Å². The molecular formula is C10H21N3S. The van der Waals surface area contributed by atoms with E-state index in [1.807, 2.05) is 0 Å². The molecule has 0 bridgehead atoms. The highest BCUT2D eigenvalue weighted by Crippen LogP contribution is 2.35. The Morgan fingerprint density at radius 3 is 2.36 bits per heavy atom. The maximum absolute atomic E-state index is 5.14. The Morgan fingerprint density at radius 2 is 2.00 bits per heavy atom. The van der Waals surface area contributed by atoms with Crippen molar-refractivity contribution in [2.75, 3.05) is 27.2 Å². The molecule has 0 aromatic heterocycles. The Labute approximate surface area is 92.2 Å². The summed E-state index contributed by atoms with van der Waals surface area (Å²) in [5, 5.41) is 7.17. The summed E-state index contributed by atoms with van der Waals surface area (Å²) in [5.41, 5.74) is 0.347. The number of likely N-dealkylation sites (N-methyl/N-ethyl adjacent to an activating group) is 1. The van der Waals surface area contributed by atoms with Gasteiger partial charge in [0, 0.05) is 18.6 Å². The van der Waals surface area contributed by atoms with Gasteiger partial charge in [0.2, 0.25) is 0 Å². The maximum Gasteiger partial charge on any atom is 0.166 e. The van der Waals surface area contributed by atoms with Gasteiger partial charge < -0.3 is 15.5 Å². The van der Waals surface area contributed by atoms with Crippen LogP contribution in [0.3, 0.4) is 0 Å². The summed E-state index contributed by atoms with van der Waals surface area (Å²) in [7, 11) is 4.30. The van der Waals surface area contributed by atoms with Gasteiger partial charge in [-0.25, -0.2) is 0 Å². The fourth-order valence-electron chi connectivity index (χ4n) is 1.83. The van der Waals surface area contributed by atoms with Crippen molar-refractivity contribution in [1.29, 1.82) is 0 Å². The molecule has 0 heterocycles. The van der Waals surface area contributed by atoms with Crippen LogP contribution in [0.1, 0.15) is 26.2 Å². The second-order valence-electron chi connectivity index (χ2n) is 4.19. The van der Waals surface area contributed by atoms with Crippen LogP contribution in [0.25, 0.3) is 0 Å². The van der Waals surface area contributed by atoms with E-state index >= 15 is 0 Å². The van der Waals surface area contributed by atoms with Crippen molar-refractivity contribution in [1.82, 2.24) is 15.5 Å². The Bertz CT molecular complexity index is 200. The lowest BCUT2D eigenvalue weighted by Gasteiger charge is -2.47. The van der Waals surface area contributed by atoms with Crippen LogP contribution in [0.5, 0.6) is 0 Å². The summed E-state index contributed by atoms with van der Waals surface area (Å²) in [6, 6.07) is 0. The third kappa shape index (κ3) is 2.58. The van der Waals surface area contributed by atoms with Gasteiger partial charge in [0.1, 0.15) is 0 Å². The predicted octanol–water partition coefficient (Wildman–Crippen LogP) is 0.955. The van der Waals surface area contributed by atoms with Crippen LogP contribution in [-0.4, -0.2) is 42.7 Å². The molecule has 14 heavy (non-hydrogen) atoms. The monoisotopic (exact) mass is 215 g/mol. The van der Waals surface area contributed by atoms with E-state index in [-0.39, 0.29) is 0 Å². The molecule has 82 valence electrons. The van der Waals surface area contributed by atoms with E-state index in [2.05, 4.69) is 36.6 Å². The smallest absolute Gasteiger partial charge is 0.166 e. The van der Waals surface area contributed by atoms with Gasteiger partial charge in [-0.1, -0.05) is 0 Å². The Hall–Kier alpha value is -0.350. The Kier molecular flexibility index (Phi) is 4.13. The van der Waals surface area contributed by atoms with Crippen LogP contribution in [0.4, 0.5) is 0 Å². The predicted molar refractivity (Wildman–Crippen MR) is 64.5 cm³/mol. The molecule has 0 spiro atoms. The molecule has 0 amide bonds. The molecule has 1 aliphatic carbocycles. The zero-order chi connectivity index (χ0) is 10.6. The summed E-state index contributed by atoms with van der Waals surface area (Å²) in [6.45, 7) is 3.91. The van der Waals surface area contributed by atoms with Gasteiger partial charge in [0.15, 0.2) is 5.11 Å². The topological polar surface area (TPSA) is 27.3 Å². The molecule has 2 N–H and O–H groups in total. The highest BCUT2D eigenvalue weighted by Gasteiger charge is 2.38. The van der Waals surface area contributed by atoms with E-state index in [0.29, 0.717) is 5.54 Å². The summed E-state index contributed by atoms with van der Waals surface area (Å²) in [5.74, 6) is 0. The molecule has 0 aromatic carbocycles. The molecule has 3 nitrogen and oxygen atoms in total. The van der Waals surface area contributed by atoms with E-state index in [4.69, 9.17) is 12.2 Å². The minimum atomic E-state index is 0.347. The van der Waals surface area contributed by atoms with E-state index in [0.717, 1.165) is 18.2 Å². The van der Waals surface area contributed by atoms with Crippen molar-refractivity contribution in [3.05, 3.63) is 0 Å². The largest absolute Gasteiger partial charge is 0.363 e. The van der Waals surface area contributed by atoms with Gasteiger partial charge >= 0.3 is 0 Å². The zero-order valence-electron chi connectivity index (χ0n) is 9.39. The molecule has 0 saturated heterocycles. The molecule has 0 unspecified atom stereocenters. The number of hydrogen-bond donors (Lipinski definition) is 2. The Balaban J connectivity index is 2.31. The molecule has 1 rings (SSSR count). The molecule has 4 heteroatoms. The molecular weight excluding hydrogens is 194 g/mol. The summed E-state index contributed by atoms with van der Waals surface area (Å²) < 4.78 is 0. The molecule has 0 aromatic rings. The number of rotatable bonds is 4. The number of nitrogens with zero attached hydrogens (tertiary/aromatic N) is 1. The van der Waals surface area contributed by atoms with Gasteiger partial charge in [-0.2, -0.15) is 0 Å². The normalized spacial score (nSPS) is 18.9. The van der Waals surface area contributed by atoms with Crippen LogP contribution in [0.15, 0.2) is 0 Å². The van der Waals surface area contributed by atoms with Gasteiger partial charge in [-0.15, -0.1) is 0 Å². The Morgan fingerprint density at radius 1 is 1.36 bits per heavy atom. The first-order chi connectivity index (χ1) is 6.60. The van der Waals surface area contributed by atoms with Gasteiger partial charge in [0.25, 0.3) is 0 Å². The van der Waals surface area contributed by atoms with Crippen LogP contribution < -0.4 is 10.6 Å². The van der Waals surface area contributed by atoms with Crippen molar-refractivity contribution >= 4 is 17.3 Å². The SMILES string of the molecule is CCNC(=S)NCC1(N(C)C)CCC1. The lowest BCUT2D eigenvalue weighted by atomic mass is 9.75. The highest BCUT2D eigenvalue weighted by atomic mass is 32.1. The molecule has 0 aliphatic heterocycles. The van der Waals surface area contributed by atoms with Crippen molar-refractivity contribution < 1.29 is 0 Å². The van der Waals surface area contributed by atoms with Gasteiger partial charge in [-0.05, 0) is 52.5 Å². The lowest BCUT2D eigenvalue weighted by Crippen LogP contribution is -2.58.